The lowest BCUT2D eigenvalue weighted by Crippen LogP contribution is -2.28. The van der Waals surface area contributed by atoms with Crippen molar-refractivity contribution in [2.24, 2.45) is 5.73 Å². The zero-order chi connectivity index (χ0) is 14.6. The number of nitrogens with zero attached hydrogens (tertiary/aromatic N) is 1. The Hall–Kier alpha value is -2.35. The van der Waals surface area contributed by atoms with Crippen molar-refractivity contribution in [2.75, 3.05) is 12.3 Å². The van der Waals surface area contributed by atoms with Gasteiger partial charge in [-0.05, 0) is 6.07 Å². The van der Waals surface area contributed by atoms with Crippen LogP contribution in [0, 0.1) is 10.1 Å². The summed E-state index contributed by atoms with van der Waals surface area (Å²) in [7, 11) is 0. The van der Waals surface area contributed by atoms with Gasteiger partial charge < -0.3 is 16.8 Å². The molecule has 0 aliphatic heterocycles. The second-order valence-corrected chi connectivity index (χ2v) is 4.03. The van der Waals surface area contributed by atoms with E-state index in [1.54, 1.807) is 0 Å². The van der Waals surface area contributed by atoms with Gasteiger partial charge in [-0.2, -0.15) is 0 Å². The molecule has 0 aliphatic carbocycles. The van der Waals surface area contributed by atoms with Gasteiger partial charge in [0.1, 0.15) is 5.69 Å². The van der Waals surface area contributed by atoms with E-state index in [0.29, 0.717) is 0 Å². The SMILES string of the molecule is NC(=O)CCNC(=O)c1cc(Cl)c(N)c([N+](=O)[O-])c1. The van der Waals surface area contributed by atoms with E-state index in [-0.39, 0.29) is 29.2 Å². The summed E-state index contributed by atoms with van der Waals surface area (Å²) in [6, 6.07) is 2.23. The van der Waals surface area contributed by atoms with Gasteiger partial charge in [0.25, 0.3) is 11.6 Å². The first-order valence-corrected chi connectivity index (χ1v) is 5.50. The number of nitrogens with two attached hydrogens (primary N) is 2. The van der Waals surface area contributed by atoms with Gasteiger partial charge in [0.05, 0.1) is 9.95 Å². The van der Waals surface area contributed by atoms with Gasteiger partial charge in [-0.25, -0.2) is 0 Å². The number of nitro groups is 1. The molecule has 1 aromatic carbocycles. The number of nitro benzene ring substituents is 1. The molecular weight excluding hydrogens is 276 g/mol. The summed E-state index contributed by atoms with van der Waals surface area (Å²) < 4.78 is 0. The lowest BCUT2D eigenvalue weighted by Gasteiger charge is -2.06. The fourth-order valence-corrected chi connectivity index (χ4v) is 1.50. The lowest BCUT2D eigenvalue weighted by atomic mass is 10.1. The van der Waals surface area contributed by atoms with Crippen LogP contribution in [0.3, 0.4) is 0 Å². The lowest BCUT2D eigenvalue weighted by molar-refractivity contribution is -0.383. The largest absolute Gasteiger partial charge is 0.392 e. The molecule has 5 N–H and O–H groups in total. The maximum absolute atomic E-state index is 11.7. The molecule has 8 nitrogen and oxygen atoms in total. The monoisotopic (exact) mass is 286 g/mol. The highest BCUT2D eigenvalue weighted by molar-refractivity contribution is 6.34. The van der Waals surface area contributed by atoms with Gasteiger partial charge in [-0.15, -0.1) is 0 Å². The second-order valence-electron chi connectivity index (χ2n) is 3.62. The van der Waals surface area contributed by atoms with Gasteiger partial charge >= 0.3 is 0 Å². The molecule has 0 spiro atoms. The van der Waals surface area contributed by atoms with Crippen LogP contribution in [0.2, 0.25) is 5.02 Å². The van der Waals surface area contributed by atoms with Crippen molar-refractivity contribution in [1.82, 2.24) is 5.32 Å². The summed E-state index contributed by atoms with van der Waals surface area (Å²) in [6.45, 7) is 0.0317. The van der Waals surface area contributed by atoms with E-state index in [9.17, 15) is 19.7 Å². The number of halogens is 1. The third kappa shape index (κ3) is 3.81. The molecule has 0 saturated carbocycles. The van der Waals surface area contributed by atoms with E-state index in [4.69, 9.17) is 23.1 Å². The quantitative estimate of drug-likeness (QED) is 0.409. The Balaban J connectivity index is 2.92. The van der Waals surface area contributed by atoms with Crippen molar-refractivity contribution in [3.63, 3.8) is 0 Å². The average molecular weight is 287 g/mol. The number of carbonyl (C=O) groups excluding carboxylic acids is 2. The maximum atomic E-state index is 11.7. The third-order valence-electron chi connectivity index (χ3n) is 2.22. The Bertz CT molecular complexity index is 547. The Kier molecular flexibility index (Phi) is 4.65. The maximum Gasteiger partial charge on any atom is 0.294 e. The van der Waals surface area contributed by atoms with Crippen molar-refractivity contribution < 1.29 is 14.5 Å². The van der Waals surface area contributed by atoms with Crippen LogP contribution in [0.4, 0.5) is 11.4 Å². The highest BCUT2D eigenvalue weighted by Crippen LogP contribution is 2.30. The number of anilines is 1. The Labute approximate surface area is 112 Å². The minimum absolute atomic E-state index is 0.0182. The molecule has 0 radical (unpaired) electrons. The summed E-state index contributed by atoms with van der Waals surface area (Å²) in [4.78, 5) is 32.2. The fraction of sp³-hybridized carbons (Fsp3) is 0.200. The van der Waals surface area contributed by atoms with Gasteiger partial charge in [0.2, 0.25) is 5.91 Å². The molecule has 1 rings (SSSR count). The van der Waals surface area contributed by atoms with Crippen molar-refractivity contribution in [2.45, 2.75) is 6.42 Å². The number of hydrogen-bond acceptors (Lipinski definition) is 5. The van der Waals surface area contributed by atoms with Crippen molar-refractivity contribution in [3.8, 4) is 0 Å². The predicted octanol–water partition coefficient (Wildman–Crippen LogP) is 0.436. The molecule has 0 atom stereocenters. The van der Waals surface area contributed by atoms with Crippen molar-refractivity contribution >= 4 is 34.8 Å². The Morgan fingerprint density at radius 3 is 2.58 bits per heavy atom. The van der Waals surface area contributed by atoms with E-state index in [1.807, 2.05) is 0 Å². The summed E-state index contributed by atoms with van der Waals surface area (Å²) in [5.41, 5.74) is 9.66. The first kappa shape index (κ1) is 14.7. The Morgan fingerprint density at radius 1 is 1.42 bits per heavy atom. The highest BCUT2D eigenvalue weighted by atomic mass is 35.5. The standard InChI is InChI=1S/C10H11ClN4O4/c11-6-3-5(4-7(9(6)13)15(18)19)10(17)14-2-1-8(12)16/h3-4H,1-2,13H2,(H2,12,16)(H,14,17). The summed E-state index contributed by atoms with van der Waals surface area (Å²) in [5, 5.41) is 13.0. The first-order valence-electron chi connectivity index (χ1n) is 5.13. The van der Waals surface area contributed by atoms with Crippen LogP contribution in [0.25, 0.3) is 0 Å². The topological polar surface area (TPSA) is 141 Å². The first-order chi connectivity index (χ1) is 8.82. The molecule has 102 valence electrons. The zero-order valence-corrected chi connectivity index (χ0v) is 10.4. The van der Waals surface area contributed by atoms with Crippen LogP contribution in [0.5, 0.6) is 0 Å². The molecule has 2 amide bonds. The number of primary amides is 1. The minimum atomic E-state index is -0.735. The van der Waals surface area contributed by atoms with Gasteiger partial charge in [-0.3, -0.25) is 19.7 Å². The van der Waals surface area contributed by atoms with Crippen molar-refractivity contribution in [1.29, 1.82) is 0 Å². The molecular formula is C10H11ClN4O4. The van der Waals surface area contributed by atoms with E-state index in [0.717, 1.165) is 6.07 Å². The van der Waals surface area contributed by atoms with E-state index < -0.39 is 22.4 Å². The highest BCUT2D eigenvalue weighted by Gasteiger charge is 2.19. The third-order valence-corrected chi connectivity index (χ3v) is 2.54. The molecule has 9 heteroatoms. The van der Waals surface area contributed by atoms with Gasteiger partial charge in [0, 0.05) is 24.6 Å². The van der Waals surface area contributed by atoms with Crippen LogP contribution in [-0.2, 0) is 4.79 Å². The normalized spacial score (nSPS) is 9.95. The number of nitrogen functional groups attached to an aromatic ring is 1. The number of hydrogen-bond donors (Lipinski definition) is 3. The summed E-state index contributed by atoms with van der Waals surface area (Å²) in [5.74, 6) is -1.17. The zero-order valence-electron chi connectivity index (χ0n) is 9.68. The number of benzene rings is 1. The molecule has 0 heterocycles. The minimum Gasteiger partial charge on any atom is -0.392 e. The smallest absolute Gasteiger partial charge is 0.294 e. The van der Waals surface area contributed by atoms with E-state index in [2.05, 4.69) is 5.32 Å². The molecule has 0 fully saturated rings. The van der Waals surface area contributed by atoms with E-state index >= 15 is 0 Å². The number of nitrogens with one attached hydrogen (secondary N) is 1. The van der Waals surface area contributed by atoms with E-state index in [1.165, 1.54) is 6.07 Å². The second kappa shape index (κ2) is 6.01. The average Bonchev–Trinajstić information content (AvgIpc) is 2.31. The summed E-state index contributed by atoms with van der Waals surface area (Å²) in [6.07, 6.45) is -0.0312. The number of carbonyl (C=O) groups is 2. The molecule has 19 heavy (non-hydrogen) atoms. The summed E-state index contributed by atoms with van der Waals surface area (Å²) >= 11 is 5.71. The van der Waals surface area contributed by atoms with Crippen LogP contribution in [-0.4, -0.2) is 23.3 Å². The van der Waals surface area contributed by atoms with Gasteiger partial charge in [0.15, 0.2) is 0 Å². The molecule has 0 saturated heterocycles. The van der Waals surface area contributed by atoms with Crippen LogP contribution >= 0.6 is 11.6 Å². The van der Waals surface area contributed by atoms with Crippen LogP contribution < -0.4 is 16.8 Å². The fourth-order valence-electron chi connectivity index (χ4n) is 1.29. The molecule has 0 aromatic heterocycles. The molecule has 0 bridgehead atoms. The number of rotatable bonds is 5. The van der Waals surface area contributed by atoms with Gasteiger partial charge in [-0.1, -0.05) is 11.6 Å². The van der Waals surface area contributed by atoms with Crippen LogP contribution in [0.15, 0.2) is 12.1 Å². The number of amides is 2. The van der Waals surface area contributed by atoms with Crippen LogP contribution in [0.1, 0.15) is 16.8 Å². The molecule has 0 unspecified atom stereocenters. The Morgan fingerprint density at radius 2 is 2.05 bits per heavy atom. The molecule has 1 aromatic rings. The predicted molar refractivity (Wildman–Crippen MR) is 68.7 cm³/mol. The molecule has 0 aliphatic rings. The van der Waals surface area contributed by atoms with Crippen molar-refractivity contribution in [3.05, 3.63) is 32.8 Å².